The summed E-state index contributed by atoms with van der Waals surface area (Å²) < 4.78 is 16.6. The number of esters is 2. The number of carbonyl (C=O) groups excluding carboxylic acids is 5. The largest absolute Gasteiger partial charge is 0.461 e. The summed E-state index contributed by atoms with van der Waals surface area (Å²) in [6.45, 7) is 0.750. The standard InChI is InChI=1S/C39H43N3O9/c1-25(21-43)40-35(44)20-27-14-6-3-7-19-33(37(46)50-24-34(41-36(27)45)38(47)49-22-26-12-4-2-5-13-26)42-39(48)51-23-32-30-17-10-8-15-28(30)29-16-9-11-18-31(29)32/h2-6,8-13,15-18,25,27,32-34,43H,7,14,19-24H2,1H3,(H,40,44)(H,41,45)(H,42,48)/t25-,27-,33+,34-/m1/s1. The molecule has 0 saturated heterocycles. The van der Waals surface area contributed by atoms with Gasteiger partial charge in [0.05, 0.1) is 12.5 Å². The number of alkyl carbamates (subject to hydrolysis) is 1. The first kappa shape index (κ1) is 36.8. The number of aliphatic hydroxyl groups excluding tert-OH is 1. The number of aliphatic hydroxyl groups is 1. The summed E-state index contributed by atoms with van der Waals surface area (Å²) in [6, 6.07) is 21.8. The Morgan fingerprint density at radius 2 is 1.59 bits per heavy atom. The van der Waals surface area contributed by atoms with Crippen LogP contribution in [0.5, 0.6) is 0 Å². The van der Waals surface area contributed by atoms with Crippen molar-refractivity contribution in [1.82, 2.24) is 16.0 Å². The first-order valence-electron chi connectivity index (χ1n) is 17.1. The highest BCUT2D eigenvalue weighted by Gasteiger charge is 2.33. The third-order valence-electron chi connectivity index (χ3n) is 8.83. The van der Waals surface area contributed by atoms with Gasteiger partial charge in [-0.05, 0) is 54.0 Å². The van der Waals surface area contributed by atoms with Crippen molar-refractivity contribution in [3.63, 3.8) is 0 Å². The average molecular weight is 698 g/mol. The van der Waals surface area contributed by atoms with Gasteiger partial charge in [0.2, 0.25) is 11.8 Å². The van der Waals surface area contributed by atoms with Crippen LogP contribution in [0, 0.1) is 5.92 Å². The summed E-state index contributed by atoms with van der Waals surface area (Å²) in [7, 11) is 0. The van der Waals surface area contributed by atoms with E-state index in [9.17, 15) is 29.1 Å². The van der Waals surface area contributed by atoms with Gasteiger partial charge in [-0.3, -0.25) is 9.59 Å². The normalized spacial score (nSPS) is 19.8. The van der Waals surface area contributed by atoms with Crippen LogP contribution in [-0.2, 0) is 40.0 Å². The molecule has 4 N–H and O–H groups in total. The molecule has 12 heteroatoms. The molecule has 0 fully saturated rings. The maximum atomic E-state index is 13.4. The van der Waals surface area contributed by atoms with Gasteiger partial charge in [-0.15, -0.1) is 0 Å². The SMILES string of the molecule is C[C@H](CO)NC(=O)C[C@H]1CC=CCC[C@H](NC(=O)OCC2c3ccccc3-c3ccccc32)C(=O)OC[C@H](C(=O)OCc2ccccc2)NC1=O. The number of hydrogen-bond donors (Lipinski definition) is 4. The molecule has 0 unspecified atom stereocenters. The molecule has 5 rings (SSSR count). The van der Waals surface area contributed by atoms with Gasteiger partial charge in [-0.1, -0.05) is 91.0 Å². The van der Waals surface area contributed by atoms with Crippen LogP contribution in [0.2, 0.25) is 0 Å². The Morgan fingerprint density at radius 3 is 2.27 bits per heavy atom. The second-order valence-electron chi connectivity index (χ2n) is 12.6. The third-order valence-corrected chi connectivity index (χ3v) is 8.83. The van der Waals surface area contributed by atoms with E-state index < -0.39 is 60.5 Å². The van der Waals surface area contributed by atoms with Crippen molar-refractivity contribution in [3.05, 3.63) is 108 Å². The molecule has 0 aromatic heterocycles. The molecule has 0 radical (unpaired) electrons. The number of hydrogen-bond acceptors (Lipinski definition) is 9. The van der Waals surface area contributed by atoms with Crippen LogP contribution in [0.15, 0.2) is 91.0 Å². The van der Waals surface area contributed by atoms with Crippen LogP contribution in [0.25, 0.3) is 11.1 Å². The van der Waals surface area contributed by atoms with Crippen LogP contribution in [0.4, 0.5) is 4.79 Å². The lowest BCUT2D eigenvalue weighted by atomic mass is 9.98. The number of carbonyl (C=O) groups is 5. The van der Waals surface area contributed by atoms with E-state index in [1.54, 1.807) is 43.3 Å². The minimum Gasteiger partial charge on any atom is -0.461 e. The zero-order valence-corrected chi connectivity index (χ0v) is 28.4. The molecule has 0 spiro atoms. The molecule has 1 aliphatic heterocycles. The Hall–Kier alpha value is -5.49. The minimum absolute atomic E-state index is 0.0505. The van der Waals surface area contributed by atoms with E-state index in [1.807, 2.05) is 54.6 Å². The number of ether oxygens (including phenoxy) is 3. The van der Waals surface area contributed by atoms with Crippen LogP contribution < -0.4 is 16.0 Å². The third kappa shape index (κ3) is 10.0. The summed E-state index contributed by atoms with van der Waals surface area (Å²) in [5.41, 5.74) is 4.97. The van der Waals surface area contributed by atoms with Gasteiger partial charge >= 0.3 is 18.0 Å². The van der Waals surface area contributed by atoms with E-state index in [1.165, 1.54) is 0 Å². The molecule has 0 saturated carbocycles. The topological polar surface area (TPSA) is 169 Å². The molecule has 3 aromatic rings. The minimum atomic E-state index is -1.40. The van der Waals surface area contributed by atoms with Gasteiger partial charge < -0.3 is 35.3 Å². The van der Waals surface area contributed by atoms with E-state index in [-0.39, 0.29) is 45.0 Å². The Kier molecular flexibility index (Phi) is 12.9. The molecule has 4 atom stereocenters. The van der Waals surface area contributed by atoms with Crippen molar-refractivity contribution in [2.24, 2.45) is 5.92 Å². The summed E-state index contributed by atoms with van der Waals surface area (Å²) in [5.74, 6) is -3.77. The first-order chi connectivity index (χ1) is 24.7. The lowest BCUT2D eigenvalue weighted by molar-refractivity contribution is -0.156. The number of nitrogens with one attached hydrogen (secondary N) is 3. The summed E-state index contributed by atoms with van der Waals surface area (Å²) in [4.78, 5) is 65.8. The zero-order valence-electron chi connectivity index (χ0n) is 28.4. The molecule has 12 nitrogen and oxygen atoms in total. The van der Waals surface area contributed by atoms with E-state index >= 15 is 0 Å². The van der Waals surface area contributed by atoms with Gasteiger partial charge in [0.15, 0.2) is 6.04 Å². The number of rotatable bonds is 10. The van der Waals surface area contributed by atoms with Gasteiger partial charge in [0, 0.05) is 18.4 Å². The summed E-state index contributed by atoms with van der Waals surface area (Å²) in [6.07, 6.45) is 3.07. The fourth-order valence-electron chi connectivity index (χ4n) is 6.11. The fraction of sp³-hybridized carbons (Fsp3) is 0.359. The Morgan fingerprint density at radius 1 is 0.922 bits per heavy atom. The van der Waals surface area contributed by atoms with Gasteiger partial charge in [-0.25, -0.2) is 14.4 Å². The molecular formula is C39H43N3O9. The molecule has 268 valence electrons. The van der Waals surface area contributed by atoms with Crippen LogP contribution in [0.3, 0.4) is 0 Å². The summed E-state index contributed by atoms with van der Waals surface area (Å²) in [5, 5.41) is 17.2. The van der Waals surface area contributed by atoms with Crippen molar-refractivity contribution in [2.75, 3.05) is 19.8 Å². The highest BCUT2D eigenvalue weighted by Crippen LogP contribution is 2.44. The van der Waals surface area contributed by atoms with Crippen molar-refractivity contribution in [3.8, 4) is 11.1 Å². The highest BCUT2D eigenvalue weighted by molar-refractivity contribution is 5.90. The van der Waals surface area contributed by atoms with Crippen molar-refractivity contribution in [2.45, 2.75) is 63.3 Å². The molecule has 2 aliphatic rings. The molecule has 1 heterocycles. The quantitative estimate of drug-likeness (QED) is 0.139. The van der Waals surface area contributed by atoms with E-state index in [0.717, 1.165) is 22.3 Å². The Labute approximate surface area is 296 Å². The molecule has 1 aliphatic carbocycles. The molecule has 51 heavy (non-hydrogen) atoms. The van der Waals surface area contributed by atoms with Crippen molar-refractivity contribution in [1.29, 1.82) is 0 Å². The molecule has 3 aromatic carbocycles. The molecule has 0 bridgehead atoms. The average Bonchev–Trinajstić information content (AvgIpc) is 3.46. The van der Waals surface area contributed by atoms with Gasteiger partial charge in [0.1, 0.15) is 25.9 Å². The predicted octanol–water partition coefficient (Wildman–Crippen LogP) is 3.91. The number of amides is 3. The monoisotopic (exact) mass is 697 g/mol. The number of cyclic esters (lactones) is 1. The lowest BCUT2D eigenvalue weighted by Crippen LogP contribution is -2.49. The number of fused-ring (bicyclic) bond motifs is 3. The first-order valence-corrected chi connectivity index (χ1v) is 17.1. The zero-order chi connectivity index (χ0) is 36.2. The van der Waals surface area contributed by atoms with Gasteiger partial charge in [-0.2, -0.15) is 0 Å². The lowest BCUT2D eigenvalue weighted by Gasteiger charge is -2.23. The Balaban J connectivity index is 1.27. The highest BCUT2D eigenvalue weighted by atomic mass is 16.6. The maximum absolute atomic E-state index is 13.4. The summed E-state index contributed by atoms with van der Waals surface area (Å²) >= 11 is 0. The maximum Gasteiger partial charge on any atom is 0.407 e. The molecular weight excluding hydrogens is 654 g/mol. The number of allylic oxidation sites excluding steroid dienone is 2. The van der Waals surface area contributed by atoms with Gasteiger partial charge in [0.25, 0.3) is 0 Å². The Bertz CT molecular complexity index is 1680. The second-order valence-corrected chi connectivity index (χ2v) is 12.6. The van der Waals surface area contributed by atoms with Crippen molar-refractivity contribution < 1.29 is 43.3 Å². The van der Waals surface area contributed by atoms with E-state index in [0.29, 0.717) is 12.0 Å². The predicted molar refractivity (Wildman–Crippen MR) is 187 cm³/mol. The van der Waals surface area contributed by atoms with Crippen LogP contribution in [-0.4, -0.2) is 72.9 Å². The second kappa shape index (κ2) is 18.0. The van der Waals surface area contributed by atoms with E-state index in [4.69, 9.17) is 14.2 Å². The van der Waals surface area contributed by atoms with Crippen LogP contribution >= 0.6 is 0 Å². The number of benzene rings is 3. The van der Waals surface area contributed by atoms with Crippen LogP contribution in [0.1, 0.15) is 55.2 Å². The van der Waals surface area contributed by atoms with Crippen molar-refractivity contribution >= 4 is 29.8 Å². The smallest absolute Gasteiger partial charge is 0.407 e. The fourth-order valence-corrected chi connectivity index (χ4v) is 6.11. The van der Waals surface area contributed by atoms with E-state index in [2.05, 4.69) is 16.0 Å². The molecule has 3 amide bonds.